The molecule has 0 aliphatic carbocycles. The number of hydrogen-bond donors (Lipinski definition) is 0. The van der Waals surface area contributed by atoms with Crippen molar-refractivity contribution >= 4 is 16.8 Å². The first kappa shape index (κ1) is 21.1. The van der Waals surface area contributed by atoms with Gasteiger partial charge in [-0.2, -0.15) is 0 Å². The molecule has 0 bridgehead atoms. The first-order valence-corrected chi connectivity index (χ1v) is 9.79. The molecule has 0 radical (unpaired) electrons. The van der Waals surface area contributed by atoms with E-state index in [9.17, 15) is 9.59 Å². The largest absolute Gasteiger partial charge is 0.383 e. The summed E-state index contributed by atoms with van der Waals surface area (Å²) in [7, 11) is 3.42. The van der Waals surface area contributed by atoms with Crippen LogP contribution in [0.15, 0.2) is 29.1 Å². The number of carbonyl (C=O) groups is 1. The number of unbranched alkanes of at least 4 members (excludes halogenated alkanes) is 2. The number of hydrogen-bond acceptors (Lipinski definition) is 4. The highest BCUT2D eigenvalue weighted by Crippen LogP contribution is 2.23. The molecule has 0 fully saturated rings. The molecule has 6 nitrogen and oxygen atoms in total. The summed E-state index contributed by atoms with van der Waals surface area (Å²) in [4.78, 5) is 32.2. The third-order valence-electron chi connectivity index (χ3n) is 4.95. The number of aromatic nitrogens is 2. The predicted octanol–water partition coefficient (Wildman–Crippen LogP) is 3.53. The van der Waals surface area contributed by atoms with Crippen molar-refractivity contribution in [2.24, 2.45) is 0 Å². The highest BCUT2D eigenvalue weighted by molar-refractivity contribution is 5.78. The molecule has 0 N–H and O–H groups in total. The number of rotatable bonds is 10. The van der Waals surface area contributed by atoms with E-state index in [-0.39, 0.29) is 17.5 Å². The molecular weight excluding hydrogens is 342 g/mol. The van der Waals surface area contributed by atoms with Gasteiger partial charge in [-0.15, -0.1) is 0 Å². The van der Waals surface area contributed by atoms with E-state index in [0.717, 1.165) is 19.3 Å². The molecule has 1 amide bonds. The predicted molar refractivity (Wildman–Crippen MR) is 108 cm³/mol. The summed E-state index contributed by atoms with van der Waals surface area (Å²) in [5, 5.41) is 0.587. The minimum atomic E-state index is -0.242. The standard InChI is InChI=1S/C21H31N3O3/c1-5-7-8-13-19(25)23(3)18(6-2)20-22-17-12-10-9-11-16(17)21(26)24(20)14-15-27-4/h9-12,18H,5-8,13-15H2,1-4H3. The zero-order chi connectivity index (χ0) is 19.8. The first-order valence-electron chi connectivity index (χ1n) is 9.79. The minimum absolute atomic E-state index is 0.0852. The number of amides is 1. The number of benzene rings is 1. The van der Waals surface area contributed by atoms with Crippen LogP contribution in [0.4, 0.5) is 0 Å². The number of carbonyl (C=O) groups excluding carboxylic acids is 1. The number of para-hydroxylation sites is 1. The number of fused-ring (bicyclic) bond motifs is 1. The topological polar surface area (TPSA) is 64.4 Å². The van der Waals surface area contributed by atoms with Crippen LogP contribution < -0.4 is 5.56 Å². The second-order valence-corrected chi connectivity index (χ2v) is 6.82. The number of nitrogens with zero attached hydrogens (tertiary/aromatic N) is 3. The molecule has 1 aromatic carbocycles. The molecule has 1 aromatic heterocycles. The van der Waals surface area contributed by atoms with Crippen LogP contribution in [-0.2, 0) is 16.1 Å². The van der Waals surface area contributed by atoms with Gasteiger partial charge in [0.05, 0.1) is 30.1 Å². The maximum Gasteiger partial charge on any atom is 0.261 e. The summed E-state index contributed by atoms with van der Waals surface area (Å²) in [6.45, 7) is 4.97. The fraction of sp³-hybridized carbons (Fsp3) is 0.571. The zero-order valence-electron chi connectivity index (χ0n) is 16.9. The van der Waals surface area contributed by atoms with Crippen molar-refractivity contribution in [1.29, 1.82) is 0 Å². The average Bonchev–Trinajstić information content (AvgIpc) is 2.68. The van der Waals surface area contributed by atoms with Gasteiger partial charge in [0.1, 0.15) is 5.82 Å². The van der Waals surface area contributed by atoms with Crippen molar-refractivity contribution in [3.8, 4) is 0 Å². The van der Waals surface area contributed by atoms with Gasteiger partial charge in [0.25, 0.3) is 5.56 Å². The molecule has 0 spiro atoms. The van der Waals surface area contributed by atoms with Crippen LogP contribution in [0.1, 0.15) is 57.8 Å². The zero-order valence-corrected chi connectivity index (χ0v) is 16.9. The van der Waals surface area contributed by atoms with Gasteiger partial charge in [0.15, 0.2) is 0 Å². The SMILES string of the molecule is CCCCCC(=O)N(C)C(CC)c1nc2ccccc2c(=O)n1CCOC. The molecule has 0 saturated carbocycles. The van der Waals surface area contributed by atoms with Gasteiger partial charge in [-0.1, -0.05) is 38.8 Å². The average molecular weight is 373 g/mol. The number of ether oxygens (including phenoxy) is 1. The lowest BCUT2D eigenvalue weighted by molar-refractivity contribution is -0.132. The van der Waals surface area contributed by atoms with Gasteiger partial charge in [0, 0.05) is 20.6 Å². The Bertz CT molecular complexity index is 816. The van der Waals surface area contributed by atoms with Crippen LogP contribution in [0, 0.1) is 0 Å². The van der Waals surface area contributed by atoms with E-state index >= 15 is 0 Å². The lowest BCUT2D eigenvalue weighted by atomic mass is 10.1. The van der Waals surface area contributed by atoms with Gasteiger partial charge in [-0.05, 0) is 25.0 Å². The quantitative estimate of drug-likeness (QED) is 0.598. The molecule has 2 rings (SSSR count). The molecule has 0 saturated heterocycles. The van der Waals surface area contributed by atoms with E-state index in [2.05, 4.69) is 6.92 Å². The fourth-order valence-electron chi connectivity index (χ4n) is 3.34. The normalized spacial score (nSPS) is 12.3. The van der Waals surface area contributed by atoms with E-state index < -0.39 is 0 Å². The van der Waals surface area contributed by atoms with Crippen molar-refractivity contribution in [2.75, 3.05) is 20.8 Å². The molecule has 2 aromatic rings. The lowest BCUT2D eigenvalue weighted by Gasteiger charge is -2.29. The van der Waals surface area contributed by atoms with Crippen LogP contribution in [0.3, 0.4) is 0 Å². The molecular formula is C21H31N3O3. The molecule has 0 aliphatic heterocycles. The van der Waals surface area contributed by atoms with Crippen molar-refractivity contribution in [3.63, 3.8) is 0 Å². The maximum absolute atomic E-state index is 13.0. The highest BCUT2D eigenvalue weighted by atomic mass is 16.5. The summed E-state index contributed by atoms with van der Waals surface area (Å²) in [5.41, 5.74) is 0.578. The Kier molecular flexibility index (Phi) is 7.98. The number of methoxy groups -OCH3 is 1. The monoisotopic (exact) mass is 373 g/mol. The summed E-state index contributed by atoms with van der Waals surface area (Å²) in [5.74, 6) is 0.723. The maximum atomic E-state index is 13.0. The van der Waals surface area contributed by atoms with Crippen LogP contribution in [0.5, 0.6) is 0 Å². The lowest BCUT2D eigenvalue weighted by Crippen LogP contribution is -2.37. The van der Waals surface area contributed by atoms with E-state index in [1.165, 1.54) is 0 Å². The van der Waals surface area contributed by atoms with Crippen LogP contribution >= 0.6 is 0 Å². The van der Waals surface area contributed by atoms with E-state index in [4.69, 9.17) is 9.72 Å². The molecule has 1 heterocycles. The second kappa shape index (κ2) is 10.2. The Morgan fingerprint density at radius 3 is 2.67 bits per heavy atom. The second-order valence-electron chi connectivity index (χ2n) is 6.82. The Morgan fingerprint density at radius 2 is 2.00 bits per heavy atom. The molecule has 1 atom stereocenters. The van der Waals surface area contributed by atoms with Gasteiger partial charge < -0.3 is 9.64 Å². The minimum Gasteiger partial charge on any atom is -0.383 e. The Labute approximate surface area is 161 Å². The van der Waals surface area contributed by atoms with E-state index in [0.29, 0.717) is 42.7 Å². The highest BCUT2D eigenvalue weighted by Gasteiger charge is 2.25. The van der Waals surface area contributed by atoms with Crippen LogP contribution in [0.25, 0.3) is 10.9 Å². The first-order chi connectivity index (χ1) is 13.0. The van der Waals surface area contributed by atoms with Crippen molar-refractivity contribution in [1.82, 2.24) is 14.5 Å². The van der Waals surface area contributed by atoms with Crippen LogP contribution in [-0.4, -0.2) is 41.1 Å². The summed E-state index contributed by atoms with van der Waals surface area (Å²) in [6, 6.07) is 7.10. The van der Waals surface area contributed by atoms with Crippen molar-refractivity contribution in [3.05, 3.63) is 40.4 Å². The van der Waals surface area contributed by atoms with Gasteiger partial charge >= 0.3 is 0 Å². The van der Waals surface area contributed by atoms with Gasteiger partial charge in [-0.3, -0.25) is 14.2 Å². The Hall–Kier alpha value is -2.21. The summed E-state index contributed by atoms with van der Waals surface area (Å²) >= 11 is 0. The fourth-order valence-corrected chi connectivity index (χ4v) is 3.34. The molecule has 27 heavy (non-hydrogen) atoms. The molecule has 6 heteroatoms. The van der Waals surface area contributed by atoms with E-state index in [1.807, 2.05) is 32.2 Å². The molecule has 1 unspecified atom stereocenters. The third kappa shape index (κ3) is 4.95. The summed E-state index contributed by atoms with van der Waals surface area (Å²) < 4.78 is 6.85. The Balaban J connectivity index is 2.45. The summed E-state index contributed by atoms with van der Waals surface area (Å²) in [6.07, 6.45) is 4.22. The van der Waals surface area contributed by atoms with Crippen LogP contribution in [0.2, 0.25) is 0 Å². The van der Waals surface area contributed by atoms with Gasteiger partial charge in [-0.25, -0.2) is 4.98 Å². The van der Waals surface area contributed by atoms with E-state index in [1.54, 1.807) is 22.6 Å². The molecule has 148 valence electrons. The smallest absolute Gasteiger partial charge is 0.261 e. The third-order valence-corrected chi connectivity index (χ3v) is 4.95. The molecule has 0 aliphatic rings. The van der Waals surface area contributed by atoms with Crippen molar-refractivity contribution < 1.29 is 9.53 Å². The Morgan fingerprint density at radius 1 is 1.26 bits per heavy atom. The van der Waals surface area contributed by atoms with Crippen molar-refractivity contribution in [2.45, 2.75) is 58.5 Å². The van der Waals surface area contributed by atoms with Gasteiger partial charge in [0.2, 0.25) is 5.91 Å².